The van der Waals surface area contributed by atoms with Gasteiger partial charge in [0.2, 0.25) is 0 Å². The molecule has 2 heterocycles. The molecule has 0 fully saturated rings. The van der Waals surface area contributed by atoms with Crippen LogP contribution >= 0.6 is 0 Å². The molecule has 0 radical (unpaired) electrons. The summed E-state index contributed by atoms with van der Waals surface area (Å²) in [5.41, 5.74) is 1.31. The molecule has 0 amide bonds. The highest BCUT2D eigenvalue weighted by atomic mass is 16.3. The summed E-state index contributed by atoms with van der Waals surface area (Å²) >= 11 is 0. The van der Waals surface area contributed by atoms with Crippen molar-refractivity contribution in [2.75, 3.05) is 0 Å². The standard InChI is InChI=1S/C7H8N4O/c1-5-8-9-7-3-2-6(4-12)10-11(5)7/h2-3,12H,4H2,1H3. The quantitative estimate of drug-likeness (QED) is 0.640. The monoisotopic (exact) mass is 164 g/mol. The lowest BCUT2D eigenvalue weighted by molar-refractivity contribution is 0.275. The Labute approximate surface area is 68.7 Å². The van der Waals surface area contributed by atoms with E-state index < -0.39 is 0 Å². The second-order valence-corrected chi connectivity index (χ2v) is 2.50. The van der Waals surface area contributed by atoms with Crippen molar-refractivity contribution in [3.63, 3.8) is 0 Å². The molecule has 2 aromatic heterocycles. The molecule has 0 atom stereocenters. The van der Waals surface area contributed by atoms with Crippen LogP contribution in [-0.4, -0.2) is 24.9 Å². The van der Waals surface area contributed by atoms with Crippen LogP contribution in [0.4, 0.5) is 0 Å². The lowest BCUT2D eigenvalue weighted by atomic mass is 10.4. The van der Waals surface area contributed by atoms with Crippen molar-refractivity contribution in [2.24, 2.45) is 0 Å². The molecule has 62 valence electrons. The summed E-state index contributed by atoms with van der Waals surface area (Å²) in [4.78, 5) is 0. The Bertz CT molecular complexity index is 409. The average Bonchev–Trinajstić information content (AvgIpc) is 2.47. The largest absolute Gasteiger partial charge is 0.390 e. The summed E-state index contributed by atoms with van der Waals surface area (Å²) in [7, 11) is 0. The van der Waals surface area contributed by atoms with E-state index in [1.165, 1.54) is 0 Å². The Morgan fingerprint density at radius 2 is 2.25 bits per heavy atom. The predicted octanol–water partition coefficient (Wildman–Crippen LogP) is -0.0750. The molecule has 2 aromatic rings. The summed E-state index contributed by atoms with van der Waals surface area (Å²) in [6.07, 6.45) is 0. The Hall–Kier alpha value is -1.49. The minimum absolute atomic E-state index is 0.0619. The third-order valence-corrected chi connectivity index (χ3v) is 1.64. The molecule has 0 saturated heterocycles. The third-order valence-electron chi connectivity index (χ3n) is 1.64. The van der Waals surface area contributed by atoms with E-state index in [9.17, 15) is 0 Å². The zero-order valence-corrected chi connectivity index (χ0v) is 6.60. The predicted molar refractivity (Wildman–Crippen MR) is 41.4 cm³/mol. The number of aryl methyl sites for hydroxylation is 1. The number of nitrogens with zero attached hydrogens (tertiary/aromatic N) is 4. The maximum atomic E-state index is 8.81. The van der Waals surface area contributed by atoms with Crippen LogP contribution in [0.1, 0.15) is 11.5 Å². The number of aliphatic hydroxyl groups is 1. The van der Waals surface area contributed by atoms with Crippen molar-refractivity contribution in [2.45, 2.75) is 13.5 Å². The zero-order chi connectivity index (χ0) is 8.55. The number of aromatic nitrogens is 4. The first-order chi connectivity index (χ1) is 5.81. The van der Waals surface area contributed by atoms with E-state index in [4.69, 9.17) is 5.11 Å². The van der Waals surface area contributed by atoms with Crippen LogP contribution in [0.15, 0.2) is 12.1 Å². The van der Waals surface area contributed by atoms with Gasteiger partial charge in [-0.15, -0.1) is 10.2 Å². The summed E-state index contributed by atoms with van der Waals surface area (Å²) < 4.78 is 1.60. The highest BCUT2D eigenvalue weighted by Gasteiger charge is 2.01. The molecule has 2 rings (SSSR count). The summed E-state index contributed by atoms with van der Waals surface area (Å²) in [5.74, 6) is 0.723. The van der Waals surface area contributed by atoms with Crippen molar-refractivity contribution < 1.29 is 5.11 Å². The number of aliphatic hydroxyl groups excluding tert-OH is 1. The van der Waals surface area contributed by atoms with Crippen LogP contribution in [-0.2, 0) is 6.61 Å². The van der Waals surface area contributed by atoms with Gasteiger partial charge in [0, 0.05) is 0 Å². The number of hydrogen-bond acceptors (Lipinski definition) is 4. The molecule has 0 aliphatic carbocycles. The number of fused-ring (bicyclic) bond motifs is 1. The molecule has 0 spiro atoms. The van der Waals surface area contributed by atoms with Crippen molar-refractivity contribution in [3.8, 4) is 0 Å². The van der Waals surface area contributed by atoms with Gasteiger partial charge in [-0.3, -0.25) is 0 Å². The van der Waals surface area contributed by atoms with Crippen molar-refractivity contribution in [1.29, 1.82) is 0 Å². The van der Waals surface area contributed by atoms with Gasteiger partial charge in [0.15, 0.2) is 11.5 Å². The van der Waals surface area contributed by atoms with E-state index in [1.54, 1.807) is 16.6 Å². The van der Waals surface area contributed by atoms with Gasteiger partial charge in [-0.1, -0.05) is 0 Å². The maximum absolute atomic E-state index is 8.81. The smallest absolute Gasteiger partial charge is 0.177 e. The van der Waals surface area contributed by atoms with Gasteiger partial charge in [0.05, 0.1) is 12.3 Å². The molecule has 5 heteroatoms. The van der Waals surface area contributed by atoms with Crippen LogP contribution in [0.3, 0.4) is 0 Å². The fraction of sp³-hybridized carbons (Fsp3) is 0.286. The minimum atomic E-state index is -0.0619. The molecule has 0 bridgehead atoms. The lowest BCUT2D eigenvalue weighted by Crippen LogP contribution is -1.98. The van der Waals surface area contributed by atoms with Gasteiger partial charge in [-0.05, 0) is 19.1 Å². The second kappa shape index (κ2) is 2.53. The highest BCUT2D eigenvalue weighted by Crippen LogP contribution is 2.01. The van der Waals surface area contributed by atoms with Gasteiger partial charge < -0.3 is 5.11 Å². The first-order valence-electron chi connectivity index (χ1n) is 3.60. The molecule has 5 nitrogen and oxygen atoms in total. The Balaban J connectivity index is 2.71. The first kappa shape index (κ1) is 7.17. The normalized spacial score (nSPS) is 10.8. The van der Waals surface area contributed by atoms with Crippen molar-refractivity contribution in [1.82, 2.24) is 19.8 Å². The topological polar surface area (TPSA) is 63.3 Å². The molecule has 0 aliphatic heterocycles. The van der Waals surface area contributed by atoms with Crippen molar-refractivity contribution in [3.05, 3.63) is 23.7 Å². The van der Waals surface area contributed by atoms with E-state index in [1.807, 2.05) is 6.92 Å². The summed E-state index contributed by atoms with van der Waals surface area (Å²) in [6.45, 7) is 1.75. The van der Waals surface area contributed by atoms with E-state index in [2.05, 4.69) is 15.3 Å². The molecule has 0 aliphatic rings. The van der Waals surface area contributed by atoms with Gasteiger partial charge in [-0.25, -0.2) is 0 Å². The van der Waals surface area contributed by atoms with Crippen LogP contribution < -0.4 is 0 Å². The number of hydrogen-bond donors (Lipinski definition) is 1. The molecule has 0 saturated carbocycles. The number of rotatable bonds is 1. The van der Waals surface area contributed by atoms with E-state index in [-0.39, 0.29) is 6.61 Å². The second-order valence-electron chi connectivity index (χ2n) is 2.50. The third kappa shape index (κ3) is 0.947. The summed E-state index contributed by atoms with van der Waals surface area (Å²) in [5, 5.41) is 20.6. The maximum Gasteiger partial charge on any atom is 0.177 e. The molecule has 0 aromatic carbocycles. The Kier molecular flexibility index (Phi) is 1.51. The summed E-state index contributed by atoms with van der Waals surface area (Å²) in [6, 6.07) is 3.50. The first-order valence-corrected chi connectivity index (χ1v) is 3.60. The Morgan fingerprint density at radius 3 is 3.00 bits per heavy atom. The molecule has 12 heavy (non-hydrogen) atoms. The fourth-order valence-electron chi connectivity index (χ4n) is 1.02. The zero-order valence-electron chi connectivity index (χ0n) is 6.60. The van der Waals surface area contributed by atoms with Crippen LogP contribution in [0.2, 0.25) is 0 Å². The lowest BCUT2D eigenvalue weighted by Gasteiger charge is -1.95. The van der Waals surface area contributed by atoms with E-state index in [0.29, 0.717) is 11.3 Å². The highest BCUT2D eigenvalue weighted by molar-refractivity contribution is 5.35. The molecular formula is C7H8N4O. The van der Waals surface area contributed by atoms with Gasteiger partial charge in [0.1, 0.15) is 0 Å². The minimum Gasteiger partial charge on any atom is -0.390 e. The van der Waals surface area contributed by atoms with Crippen LogP contribution in [0.25, 0.3) is 5.65 Å². The van der Waals surface area contributed by atoms with Crippen molar-refractivity contribution >= 4 is 5.65 Å². The molecular weight excluding hydrogens is 156 g/mol. The van der Waals surface area contributed by atoms with E-state index >= 15 is 0 Å². The van der Waals surface area contributed by atoms with Gasteiger partial charge in [0.25, 0.3) is 0 Å². The van der Waals surface area contributed by atoms with Gasteiger partial charge in [-0.2, -0.15) is 9.61 Å². The fourth-order valence-corrected chi connectivity index (χ4v) is 1.02. The van der Waals surface area contributed by atoms with E-state index in [0.717, 1.165) is 5.82 Å². The van der Waals surface area contributed by atoms with Crippen LogP contribution in [0, 0.1) is 6.92 Å². The SMILES string of the molecule is Cc1nnc2ccc(CO)nn12. The average molecular weight is 164 g/mol. The van der Waals surface area contributed by atoms with Crippen LogP contribution in [0.5, 0.6) is 0 Å². The Morgan fingerprint density at radius 1 is 1.42 bits per heavy atom. The van der Waals surface area contributed by atoms with Gasteiger partial charge >= 0.3 is 0 Å². The molecule has 1 N–H and O–H groups in total. The molecule has 0 unspecified atom stereocenters.